The van der Waals surface area contributed by atoms with Gasteiger partial charge >= 0.3 is 6.85 Å². The fraction of sp³-hybridized carbons (Fsp3) is 0.247. The summed E-state index contributed by atoms with van der Waals surface area (Å²) in [6, 6.07) is 65.2. The van der Waals surface area contributed by atoms with Gasteiger partial charge < -0.3 is 18.5 Å². The minimum absolute atomic E-state index is 0.0330. The zero-order valence-electron chi connectivity index (χ0n) is 49.3. The van der Waals surface area contributed by atoms with Crippen LogP contribution in [0.25, 0.3) is 88.0 Å². The zero-order valence-corrected chi connectivity index (χ0v) is 49.3. The van der Waals surface area contributed by atoms with Crippen LogP contribution in [0, 0.1) is 20.8 Å². The molecule has 10 aromatic carbocycles. The molecule has 82 heavy (non-hydrogen) atoms. The summed E-state index contributed by atoms with van der Waals surface area (Å²) in [4.78, 5) is 5.24. The Balaban J connectivity index is 1.03. The molecule has 0 N–H and O–H groups in total. The molecule has 4 aliphatic rings. The van der Waals surface area contributed by atoms with Gasteiger partial charge in [0.25, 0.3) is 0 Å². The van der Waals surface area contributed by atoms with Gasteiger partial charge in [0.05, 0.1) is 0 Å². The lowest BCUT2D eigenvalue weighted by atomic mass is 9.43. The van der Waals surface area contributed by atoms with Crippen LogP contribution in [0.15, 0.2) is 179 Å². The smallest absolute Gasteiger partial charge is 0.333 e. The van der Waals surface area contributed by atoms with Crippen molar-refractivity contribution in [1.29, 1.82) is 0 Å². The summed E-state index contributed by atoms with van der Waals surface area (Å²) in [7, 11) is 0. The van der Waals surface area contributed by atoms with E-state index in [-0.39, 0.29) is 28.5 Å². The first kappa shape index (κ1) is 49.5. The Morgan fingerprint density at radius 3 is 1.59 bits per heavy atom. The number of rotatable bonds is 4. The second-order valence-electron chi connectivity index (χ2n) is 27.5. The van der Waals surface area contributed by atoms with Gasteiger partial charge in [0, 0.05) is 73.1 Å². The van der Waals surface area contributed by atoms with Crippen LogP contribution in [0.3, 0.4) is 0 Å². The van der Waals surface area contributed by atoms with Gasteiger partial charge in [0.15, 0.2) is 0 Å². The molecule has 0 amide bonds. The van der Waals surface area contributed by atoms with E-state index in [0.717, 1.165) is 81.5 Å². The fourth-order valence-corrected chi connectivity index (χ4v) is 15.8. The summed E-state index contributed by atoms with van der Waals surface area (Å²) in [6.45, 7) is 25.9. The highest BCUT2D eigenvalue weighted by Crippen LogP contribution is 2.54. The maximum absolute atomic E-state index is 7.27. The standard InChI is InChI=1S/C77H69BN2O2/c1-44-33-45(2)71(46(3)34-44)50-35-59-55-27-23-49-19-15-16-20-53(49)73(55)80(51-24-21-48(22-25-51)47-17-13-12-14-18-47)78-64-40-58-57-39-61-63(77(10,11)32-30-75(61,6)7)42-69(57)82-70(58)43-65(64)79(66(36-50)72(59)78)52-26-28-54-56-38-60-62(41-68(56)81-67(54)37-52)76(8,9)31-29-74(60,4)5/h12-28,33-43H,29-32H2,1-11H3. The van der Waals surface area contributed by atoms with Gasteiger partial charge in [-0.25, -0.2) is 0 Å². The number of anilines is 5. The van der Waals surface area contributed by atoms with E-state index in [9.17, 15) is 0 Å². The lowest BCUT2D eigenvalue weighted by Crippen LogP contribution is -2.61. The number of nitrogens with zero attached hydrogens (tertiary/aromatic N) is 2. The summed E-state index contributed by atoms with van der Waals surface area (Å²) in [5, 5.41) is 7.10. The monoisotopic (exact) mass is 1060 g/mol. The van der Waals surface area contributed by atoms with Gasteiger partial charge in [0.2, 0.25) is 0 Å². The molecular weight excluding hydrogens is 996 g/mol. The van der Waals surface area contributed by atoms with Crippen LogP contribution in [0.1, 0.15) is 120 Å². The summed E-state index contributed by atoms with van der Waals surface area (Å²) in [5.74, 6) is 0. The first-order valence-corrected chi connectivity index (χ1v) is 29.9. The van der Waals surface area contributed by atoms with Crippen molar-refractivity contribution in [3.63, 3.8) is 0 Å². The molecule has 0 radical (unpaired) electrons. The van der Waals surface area contributed by atoms with Crippen molar-refractivity contribution in [3.05, 3.63) is 209 Å². The molecular formula is C77H69BN2O2. The summed E-state index contributed by atoms with van der Waals surface area (Å²) < 4.78 is 14.4. The number of furan rings is 2. The van der Waals surface area contributed by atoms with Crippen molar-refractivity contribution in [3.8, 4) is 33.4 Å². The van der Waals surface area contributed by atoms with Gasteiger partial charge in [-0.15, -0.1) is 0 Å². The number of benzene rings is 10. The summed E-state index contributed by atoms with van der Waals surface area (Å²) in [5.41, 5.74) is 28.9. The number of aryl methyl sites for hydroxylation is 3. The Kier molecular flexibility index (Phi) is 10.2. The third-order valence-electron chi connectivity index (χ3n) is 20.4. The van der Waals surface area contributed by atoms with Gasteiger partial charge in [-0.3, -0.25) is 0 Å². The zero-order chi connectivity index (χ0) is 56.1. The molecule has 0 atom stereocenters. The normalized spacial score (nSPS) is 17.1. The fourth-order valence-electron chi connectivity index (χ4n) is 15.8. The third kappa shape index (κ3) is 7.10. The largest absolute Gasteiger partial charge is 0.456 e. The van der Waals surface area contributed by atoms with Crippen molar-refractivity contribution in [2.45, 2.75) is 124 Å². The average Bonchev–Trinajstić information content (AvgIpc) is 1.26. The summed E-state index contributed by atoms with van der Waals surface area (Å²) >= 11 is 0. The highest BCUT2D eigenvalue weighted by Gasteiger charge is 2.47. The van der Waals surface area contributed by atoms with Crippen LogP contribution < -0.4 is 20.6 Å². The van der Waals surface area contributed by atoms with Crippen molar-refractivity contribution < 1.29 is 8.83 Å². The molecule has 2 aliphatic carbocycles. The second kappa shape index (κ2) is 16.9. The molecule has 2 aromatic heterocycles. The molecule has 0 saturated carbocycles. The maximum Gasteiger partial charge on any atom is 0.333 e. The highest BCUT2D eigenvalue weighted by molar-refractivity contribution is 6.94. The molecule has 4 heterocycles. The molecule has 402 valence electrons. The molecule has 0 spiro atoms. The molecule has 0 fully saturated rings. The lowest BCUT2D eigenvalue weighted by molar-refractivity contribution is 0.332. The third-order valence-corrected chi connectivity index (χ3v) is 20.4. The van der Waals surface area contributed by atoms with E-state index in [1.807, 2.05) is 0 Å². The van der Waals surface area contributed by atoms with Crippen LogP contribution >= 0.6 is 0 Å². The number of hydrogen-bond donors (Lipinski definition) is 0. The second-order valence-corrected chi connectivity index (χ2v) is 27.5. The highest BCUT2D eigenvalue weighted by atomic mass is 16.3. The minimum atomic E-state index is -0.235. The topological polar surface area (TPSA) is 32.8 Å². The van der Waals surface area contributed by atoms with Gasteiger partial charge in [0.1, 0.15) is 22.3 Å². The molecule has 2 aliphatic heterocycles. The Labute approximate surface area is 482 Å². The van der Waals surface area contributed by atoms with E-state index in [2.05, 4.69) is 256 Å². The van der Waals surface area contributed by atoms with Crippen molar-refractivity contribution in [2.75, 3.05) is 9.71 Å². The Morgan fingerprint density at radius 1 is 0.402 bits per heavy atom. The molecule has 16 rings (SSSR count). The Bertz CT molecular complexity index is 4720. The van der Waals surface area contributed by atoms with Crippen LogP contribution in [0.2, 0.25) is 0 Å². The van der Waals surface area contributed by atoms with E-state index in [4.69, 9.17) is 8.83 Å². The van der Waals surface area contributed by atoms with E-state index in [0.29, 0.717) is 0 Å². The van der Waals surface area contributed by atoms with Crippen LogP contribution in [0.5, 0.6) is 0 Å². The summed E-state index contributed by atoms with van der Waals surface area (Å²) in [6.07, 6.45) is 4.59. The van der Waals surface area contributed by atoms with E-state index < -0.39 is 0 Å². The average molecular weight is 1070 g/mol. The number of hydrogen-bond acceptors (Lipinski definition) is 4. The van der Waals surface area contributed by atoms with E-state index in [1.54, 1.807) is 0 Å². The van der Waals surface area contributed by atoms with Crippen molar-refractivity contribution in [1.82, 2.24) is 0 Å². The van der Waals surface area contributed by atoms with Gasteiger partial charge in [-0.2, -0.15) is 0 Å². The van der Waals surface area contributed by atoms with Gasteiger partial charge in [-0.1, -0.05) is 158 Å². The van der Waals surface area contributed by atoms with E-state index >= 15 is 0 Å². The van der Waals surface area contributed by atoms with Crippen molar-refractivity contribution in [2.24, 2.45) is 0 Å². The lowest BCUT2D eigenvalue weighted by Gasteiger charge is -2.46. The van der Waals surface area contributed by atoms with Gasteiger partial charge in [-0.05, 0) is 206 Å². The first-order valence-electron chi connectivity index (χ1n) is 29.9. The number of fused-ring (bicyclic) bond motifs is 14. The van der Waals surface area contributed by atoms with Crippen LogP contribution in [-0.2, 0) is 21.7 Å². The predicted octanol–water partition coefficient (Wildman–Crippen LogP) is 20.3. The molecule has 0 bridgehead atoms. The Hall–Kier alpha value is -8.28. The molecule has 5 heteroatoms. The first-order chi connectivity index (χ1) is 39.3. The maximum atomic E-state index is 7.27. The molecule has 0 unspecified atom stereocenters. The molecule has 4 nitrogen and oxygen atoms in total. The van der Waals surface area contributed by atoms with Crippen LogP contribution in [0.4, 0.5) is 28.4 Å². The Morgan fingerprint density at radius 2 is 0.939 bits per heavy atom. The van der Waals surface area contributed by atoms with Crippen molar-refractivity contribution >= 4 is 101 Å². The minimum Gasteiger partial charge on any atom is -0.456 e. The quantitative estimate of drug-likeness (QED) is 0.164. The SMILES string of the molecule is Cc1cc(C)c(-c2cc3c4c(c2)N(c2ccc5c(c2)oc2cc6c(cc25)C(C)(C)CCC6(C)C)c2cc5oc6cc7c(cc6c5cc2B4N(c2ccc(-c4ccccc4)cc2)c2c-3ccc3ccccc23)C(C)(C)CCC7(C)C)c(C)c1. The predicted molar refractivity (Wildman–Crippen MR) is 348 cm³/mol. The van der Waals surface area contributed by atoms with Crippen LogP contribution in [-0.4, -0.2) is 6.85 Å². The molecule has 12 aromatic rings. The molecule has 0 saturated heterocycles. The van der Waals surface area contributed by atoms with E-state index in [1.165, 1.54) is 110 Å².